The Bertz CT molecular complexity index is 1450. The third kappa shape index (κ3) is 4.99. The van der Waals surface area contributed by atoms with Gasteiger partial charge in [0.25, 0.3) is 0 Å². The van der Waals surface area contributed by atoms with E-state index in [2.05, 4.69) is 35.8 Å². The van der Waals surface area contributed by atoms with E-state index in [1.165, 1.54) is 18.3 Å². The van der Waals surface area contributed by atoms with E-state index in [-0.39, 0.29) is 21.8 Å². The largest absolute Gasteiger partial charge is 0.476 e. The predicted molar refractivity (Wildman–Crippen MR) is 144 cm³/mol. The zero-order chi connectivity index (χ0) is 27.1. The maximum Gasteiger partial charge on any atom is 0.233 e. The molecule has 4 heterocycles. The molecule has 38 heavy (non-hydrogen) atoms. The number of sulfone groups is 1. The van der Waals surface area contributed by atoms with Crippen LogP contribution in [0.3, 0.4) is 0 Å². The Morgan fingerprint density at radius 2 is 2.03 bits per heavy atom. The molecule has 11 heteroatoms. The van der Waals surface area contributed by atoms with Crippen molar-refractivity contribution in [2.45, 2.75) is 56.9 Å². The van der Waals surface area contributed by atoms with Gasteiger partial charge in [-0.05, 0) is 61.8 Å². The first kappa shape index (κ1) is 26.1. The standard InChI is InChI=1S/C27H34N6O4S/c1-18(2)16-37-24-9-13-33(31-24)23-8-7-20(21(34)17-38(35,36)22-6-4-12-29-25(22)28)26(30-23)32-15-19(3)14-27(32)10-5-11-27/h4,6-9,12-13,18-19H,5,10-11,14-17H2,1-3H3,(H2,28,29). The maximum absolute atomic E-state index is 13.6. The van der Waals surface area contributed by atoms with Crippen LogP contribution >= 0.6 is 0 Å². The third-order valence-corrected chi connectivity index (χ3v) is 8.97. The Kier molecular flexibility index (Phi) is 6.89. The molecule has 3 aromatic heterocycles. The molecule has 0 bridgehead atoms. The second-order valence-corrected chi connectivity index (χ2v) is 12.9. The summed E-state index contributed by atoms with van der Waals surface area (Å²) in [6.45, 7) is 7.63. The smallest absolute Gasteiger partial charge is 0.233 e. The molecule has 1 atom stereocenters. The van der Waals surface area contributed by atoms with Gasteiger partial charge in [0.15, 0.2) is 21.4 Å². The molecule has 0 amide bonds. The number of anilines is 2. The highest BCUT2D eigenvalue weighted by molar-refractivity contribution is 7.92. The lowest BCUT2D eigenvalue weighted by atomic mass is 9.73. The van der Waals surface area contributed by atoms with Gasteiger partial charge in [-0.25, -0.2) is 23.1 Å². The molecule has 0 aromatic carbocycles. The molecule has 1 aliphatic carbocycles. The van der Waals surface area contributed by atoms with Crippen LogP contribution in [-0.4, -0.2) is 58.4 Å². The molecular formula is C27H34N6O4S. The van der Waals surface area contributed by atoms with E-state index in [4.69, 9.17) is 15.5 Å². The lowest BCUT2D eigenvalue weighted by molar-refractivity contribution is 0.102. The van der Waals surface area contributed by atoms with Crippen molar-refractivity contribution in [3.8, 4) is 11.7 Å². The van der Waals surface area contributed by atoms with E-state index in [9.17, 15) is 13.2 Å². The van der Waals surface area contributed by atoms with E-state index in [1.807, 2.05) is 0 Å². The lowest BCUT2D eigenvalue weighted by Crippen LogP contribution is -2.50. The number of pyridine rings is 2. The molecule has 1 saturated heterocycles. The van der Waals surface area contributed by atoms with Gasteiger partial charge in [0.1, 0.15) is 22.3 Å². The number of aromatic nitrogens is 4. The minimum absolute atomic E-state index is 0.0532. The summed E-state index contributed by atoms with van der Waals surface area (Å²) in [5.74, 6) is 0.959. The monoisotopic (exact) mass is 538 g/mol. The highest BCUT2D eigenvalue weighted by Crippen LogP contribution is 2.49. The molecule has 2 aliphatic rings. The molecule has 1 unspecified atom stereocenters. The fraction of sp³-hybridized carbons (Fsp3) is 0.481. The van der Waals surface area contributed by atoms with Crippen LogP contribution in [0.1, 0.15) is 56.8 Å². The zero-order valence-corrected chi connectivity index (χ0v) is 22.8. The van der Waals surface area contributed by atoms with Gasteiger partial charge in [-0.15, -0.1) is 5.10 Å². The normalized spacial score (nSPS) is 18.6. The molecular weight excluding hydrogens is 504 g/mol. The molecule has 3 aromatic rings. The molecule has 10 nitrogen and oxygen atoms in total. The van der Waals surface area contributed by atoms with Crippen molar-refractivity contribution in [3.63, 3.8) is 0 Å². The van der Waals surface area contributed by atoms with Crippen LogP contribution < -0.4 is 15.4 Å². The van der Waals surface area contributed by atoms with E-state index >= 15 is 0 Å². The van der Waals surface area contributed by atoms with Gasteiger partial charge >= 0.3 is 0 Å². The Balaban J connectivity index is 1.51. The fourth-order valence-corrected chi connectivity index (χ4v) is 6.76. The van der Waals surface area contributed by atoms with Gasteiger partial charge in [-0.3, -0.25) is 4.79 Å². The number of hydrogen-bond acceptors (Lipinski definition) is 9. The van der Waals surface area contributed by atoms with Crippen LogP contribution in [0.5, 0.6) is 5.88 Å². The first-order valence-electron chi connectivity index (χ1n) is 13.0. The Labute approximate surface area is 223 Å². The highest BCUT2D eigenvalue weighted by Gasteiger charge is 2.49. The van der Waals surface area contributed by atoms with Gasteiger partial charge in [0, 0.05) is 30.5 Å². The number of nitrogen functional groups attached to an aromatic ring is 1. The van der Waals surface area contributed by atoms with Crippen LogP contribution in [0.15, 0.2) is 47.6 Å². The molecule has 202 valence electrons. The number of rotatable bonds is 9. The van der Waals surface area contributed by atoms with Gasteiger partial charge in [-0.1, -0.05) is 20.8 Å². The summed E-state index contributed by atoms with van der Waals surface area (Å²) in [5.41, 5.74) is 6.04. The van der Waals surface area contributed by atoms with Crippen LogP contribution in [0.2, 0.25) is 0 Å². The molecule has 5 rings (SSSR count). The first-order valence-corrected chi connectivity index (χ1v) is 14.7. The van der Waals surface area contributed by atoms with Crippen molar-refractivity contribution in [2.75, 3.05) is 29.5 Å². The van der Waals surface area contributed by atoms with Crippen LogP contribution in [0.4, 0.5) is 11.6 Å². The first-order chi connectivity index (χ1) is 18.1. The lowest BCUT2D eigenvalue weighted by Gasteiger charge is -2.47. The zero-order valence-electron chi connectivity index (χ0n) is 22.0. The average molecular weight is 539 g/mol. The number of nitrogens with two attached hydrogens (primary N) is 1. The summed E-state index contributed by atoms with van der Waals surface area (Å²) in [6, 6.07) is 7.99. The molecule has 2 N–H and O–H groups in total. The van der Waals surface area contributed by atoms with E-state index < -0.39 is 21.4 Å². The Morgan fingerprint density at radius 3 is 2.71 bits per heavy atom. The van der Waals surface area contributed by atoms with Crippen LogP contribution in [0, 0.1) is 11.8 Å². The molecule has 1 spiro atoms. The van der Waals surface area contributed by atoms with Gasteiger partial charge < -0.3 is 15.4 Å². The maximum atomic E-state index is 13.6. The van der Waals surface area contributed by atoms with Crippen molar-refractivity contribution in [3.05, 3.63) is 48.3 Å². The minimum Gasteiger partial charge on any atom is -0.476 e. The van der Waals surface area contributed by atoms with Crippen LogP contribution in [0.25, 0.3) is 5.82 Å². The molecule has 2 fully saturated rings. The number of ketones is 1. The third-order valence-electron chi connectivity index (χ3n) is 7.32. The second kappa shape index (κ2) is 10.0. The van der Waals surface area contributed by atoms with Crippen molar-refractivity contribution in [2.24, 2.45) is 11.8 Å². The summed E-state index contributed by atoms with van der Waals surface area (Å²) in [7, 11) is -4.00. The molecule has 1 saturated carbocycles. The number of carbonyl (C=O) groups is 1. The summed E-state index contributed by atoms with van der Waals surface area (Å²) in [4.78, 5) is 24.4. The fourth-order valence-electron chi connectivity index (χ4n) is 5.45. The SMILES string of the molecule is CC(C)COc1ccn(-c2ccc(C(=O)CS(=O)(=O)c3cccnc3N)c(N3CC(C)CC34CCC4)n2)n1. The number of Topliss-reactive ketones (excluding diaryl/α,β-unsaturated/α-hetero) is 1. The average Bonchev–Trinajstić information content (AvgIpc) is 3.47. The molecule has 0 radical (unpaired) electrons. The summed E-state index contributed by atoms with van der Waals surface area (Å²) in [5, 5.41) is 4.50. The molecule has 1 aliphatic heterocycles. The topological polar surface area (TPSA) is 133 Å². The number of carbonyl (C=O) groups excluding carboxylic acids is 1. The van der Waals surface area contributed by atoms with Gasteiger partial charge in [0.2, 0.25) is 5.88 Å². The van der Waals surface area contributed by atoms with Crippen molar-refractivity contribution in [1.29, 1.82) is 0 Å². The van der Waals surface area contributed by atoms with Crippen LogP contribution in [-0.2, 0) is 9.84 Å². The highest BCUT2D eigenvalue weighted by atomic mass is 32.2. The van der Waals surface area contributed by atoms with E-state index in [0.717, 1.165) is 32.2 Å². The summed E-state index contributed by atoms with van der Waals surface area (Å²) < 4.78 is 33.6. The predicted octanol–water partition coefficient (Wildman–Crippen LogP) is 3.70. The number of nitrogens with zero attached hydrogens (tertiary/aromatic N) is 5. The summed E-state index contributed by atoms with van der Waals surface area (Å²) >= 11 is 0. The van der Waals surface area contributed by atoms with Crippen molar-refractivity contribution in [1.82, 2.24) is 19.7 Å². The Hall–Kier alpha value is -3.47. The number of ether oxygens (including phenoxy) is 1. The van der Waals surface area contributed by atoms with Crippen molar-refractivity contribution >= 4 is 27.3 Å². The second-order valence-electron chi connectivity index (χ2n) is 10.9. The van der Waals surface area contributed by atoms with E-state index in [1.54, 1.807) is 29.1 Å². The minimum atomic E-state index is -4.00. The van der Waals surface area contributed by atoms with E-state index in [0.29, 0.717) is 36.0 Å². The Morgan fingerprint density at radius 1 is 1.24 bits per heavy atom. The van der Waals surface area contributed by atoms with Gasteiger partial charge in [0.05, 0.1) is 12.2 Å². The number of hydrogen-bond donors (Lipinski definition) is 1. The summed E-state index contributed by atoms with van der Waals surface area (Å²) in [6.07, 6.45) is 7.37. The van der Waals surface area contributed by atoms with Crippen molar-refractivity contribution < 1.29 is 17.9 Å². The van der Waals surface area contributed by atoms with Gasteiger partial charge in [-0.2, -0.15) is 0 Å². The quantitative estimate of drug-likeness (QED) is 0.405.